The maximum atomic E-state index is 13.0. The topological polar surface area (TPSA) is 108 Å². The minimum atomic E-state index is -3.74. The molecular formula is C20H31ClN4O5S. The smallest absolute Gasteiger partial charge is 0.255 e. The molecule has 0 unspecified atom stereocenters. The normalized spacial score (nSPS) is 15.3. The number of hydrogen-bond acceptors (Lipinski definition) is 6. The van der Waals surface area contributed by atoms with Gasteiger partial charge in [-0.25, -0.2) is 13.1 Å². The first-order valence-corrected chi connectivity index (χ1v) is 12.1. The monoisotopic (exact) mass is 474 g/mol. The SMILES string of the molecule is COCCCNC(=O)CN1CCN(C(=O)c2cc(S(=O)(=O)NC(C)C)ccc2Cl)CC1. The Morgan fingerprint density at radius 3 is 2.48 bits per heavy atom. The minimum absolute atomic E-state index is 0.00210. The lowest BCUT2D eigenvalue weighted by Crippen LogP contribution is -2.51. The standard InChI is InChI=1S/C20H31ClN4O5S/c1-15(2)23-31(28,29)16-5-6-18(21)17(13-16)20(27)25-10-8-24(9-11-25)14-19(26)22-7-4-12-30-3/h5-6,13,15,23H,4,7-12,14H2,1-3H3,(H,22,26). The molecule has 0 bridgehead atoms. The first-order chi connectivity index (χ1) is 14.6. The van der Waals surface area contributed by atoms with Gasteiger partial charge in [-0.15, -0.1) is 0 Å². The van der Waals surface area contributed by atoms with Crippen LogP contribution in [0.4, 0.5) is 0 Å². The second kappa shape index (κ2) is 11.8. The number of ether oxygens (including phenoxy) is 1. The number of amides is 2. The third-order valence-electron chi connectivity index (χ3n) is 4.74. The van der Waals surface area contributed by atoms with E-state index >= 15 is 0 Å². The molecule has 2 amide bonds. The molecule has 0 atom stereocenters. The number of methoxy groups -OCH3 is 1. The fourth-order valence-corrected chi connectivity index (χ4v) is 4.67. The molecule has 1 heterocycles. The van der Waals surface area contributed by atoms with Gasteiger partial charge in [-0.05, 0) is 38.5 Å². The maximum absolute atomic E-state index is 13.0. The molecule has 174 valence electrons. The maximum Gasteiger partial charge on any atom is 0.255 e. The average molecular weight is 475 g/mol. The number of piperazine rings is 1. The fraction of sp³-hybridized carbons (Fsp3) is 0.600. The second-order valence-corrected chi connectivity index (χ2v) is 9.80. The molecule has 0 aliphatic carbocycles. The molecule has 11 heteroatoms. The van der Waals surface area contributed by atoms with Crippen molar-refractivity contribution >= 4 is 33.4 Å². The number of hydrogen-bond donors (Lipinski definition) is 2. The third kappa shape index (κ3) is 7.73. The molecule has 9 nitrogen and oxygen atoms in total. The van der Waals surface area contributed by atoms with Crippen LogP contribution >= 0.6 is 11.6 Å². The van der Waals surface area contributed by atoms with E-state index in [0.717, 1.165) is 6.42 Å². The molecular weight excluding hydrogens is 444 g/mol. The molecule has 2 N–H and O–H groups in total. The lowest BCUT2D eigenvalue weighted by atomic mass is 10.1. The number of benzene rings is 1. The summed E-state index contributed by atoms with van der Waals surface area (Å²) in [5.41, 5.74) is 0.151. The van der Waals surface area contributed by atoms with Crippen LogP contribution in [0, 0.1) is 0 Å². The summed E-state index contributed by atoms with van der Waals surface area (Å²) < 4.78 is 32.3. The number of carbonyl (C=O) groups excluding carboxylic acids is 2. The van der Waals surface area contributed by atoms with Gasteiger partial charge in [0.25, 0.3) is 5.91 Å². The number of halogens is 1. The fourth-order valence-electron chi connectivity index (χ4n) is 3.20. The van der Waals surface area contributed by atoms with Gasteiger partial charge >= 0.3 is 0 Å². The van der Waals surface area contributed by atoms with Gasteiger partial charge in [0, 0.05) is 52.5 Å². The number of nitrogens with one attached hydrogen (secondary N) is 2. The molecule has 2 rings (SSSR count). The molecule has 31 heavy (non-hydrogen) atoms. The van der Waals surface area contributed by atoms with E-state index in [1.807, 2.05) is 4.90 Å². The average Bonchev–Trinajstić information content (AvgIpc) is 2.70. The Morgan fingerprint density at radius 1 is 1.19 bits per heavy atom. The quantitative estimate of drug-likeness (QED) is 0.488. The van der Waals surface area contributed by atoms with E-state index in [-0.39, 0.29) is 39.9 Å². The van der Waals surface area contributed by atoms with E-state index < -0.39 is 10.0 Å². The molecule has 0 saturated carbocycles. The van der Waals surface area contributed by atoms with E-state index in [4.69, 9.17) is 16.3 Å². The number of rotatable bonds is 10. The highest BCUT2D eigenvalue weighted by atomic mass is 35.5. The number of sulfonamides is 1. The summed E-state index contributed by atoms with van der Waals surface area (Å²) in [6, 6.07) is 3.85. The molecule has 1 saturated heterocycles. The van der Waals surface area contributed by atoms with Gasteiger partial charge in [0.05, 0.1) is 22.0 Å². The zero-order valence-corrected chi connectivity index (χ0v) is 19.8. The predicted molar refractivity (Wildman–Crippen MR) is 119 cm³/mol. The summed E-state index contributed by atoms with van der Waals surface area (Å²) in [5, 5.41) is 3.04. The molecule has 1 aromatic rings. The molecule has 1 fully saturated rings. The van der Waals surface area contributed by atoms with Crippen LogP contribution in [0.5, 0.6) is 0 Å². The van der Waals surface area contributed by atoms with Crippen molar-refractivity contribution in [1.82, 2.24) is 19.8 Å². The van der Waals surface area contributed by atoms with Gasteiger partial charge in [-0.3, -0.25) is 14.5 Å². The molecule has 1 aliphatic heterocycles. The Labute approximate surface area is 189 Å². The Morgan fingerprint density at radius 2 is 1.87 bits per heavy atom. The van der Waals surface area contributed by atoms with Crippen LogP contribution in [-0.2, 0) is 19.6 Å². The molecule has 1 aliphatic rings. The van der Waals surface area contributed by atoms with Crippen molar-refractivity contribution in [2.75, 3.05) is 53.0 Å². The number of carbonyl (C=O) groups is 2. The van der Waals surface area contributed by atoms with Crippen LogP contribution in [-0.4, -0.2) is 89.1 Å². The summed E-state index contributed by atoms with van der Waals surface area (Å²) in [4.78, 5) is 28.6. The Balaban J connectivity index is 1.95. The Kier molecular flexibility index (Phi) is 9.70. The second-order valence-electron chi connectivity index (χ2n) is 7.68. The summed E-state index contributed by atoms with van der Waals surface area (Å²) in [7, 11) is -2.12. The van der Waals surface area contributed by atoms with Crippen LogP contribution in [0.1, 0.15) is 30.6 Å². The Bertz CT molecular complexity index is 870. The van der Waals surface area contributed by atoms with Crippen molar-refractivity contribution in [2.45, 2.75) is 31.2 Å². The van der Waals surface area contributed by atoms with Crippen molar-refractivity contribution in [2.24, 2.45) is 0 Å². The van der Waals surface area contributed by atoms with Gasteiger partial charge in [0.1, 0.15) is 0 Å². The van der Waals surface area contributed by atoms with Crippen molar-refractivity contribution < 1.29 is 22.7 Å². The molecule has 0 radical (unpaired) electrons. The van der Waals surface area contributed by atoms with Gasteiger partial charge in [-0.1, -0.05) is 11.6 Å². The zero-order chi connectivity index (χ0) is 23.0. The van der Waals surface area contributed by atoms with E-state index in [0.29, 0.717) is 39.3 Å². The van der Waals surface area contributed by atoms with Crippen LogP contribution in [0.3, 0.4) is 0 Å². The summed E-state index contributed by atoms with van der Waals surface area (Å²) in [6.07, 6.45) is 0.757. The largest absolute Gasteiger partial charge is 0.385 e. The van der Waals surface area contributed by atoms with E-state index in [1.54, 1.807) is 25.9 Å². The highest BCUT2D eigenvalue weighted by Crippen LogP contribution is 2.23. The summed E-state index contributed by atoms with van der Waals surface area (Å²) >= 11 is 6.20. The first-order valence-electron chi connectivity index (χ1n) is 10.2. The lowest BCUT2D eigenvalue weighted by molar-refractivity contribution is -0.122. The van der Waals surface area contributed by atoms with Gasteiger partial charge in [0.2, 0.25) is 15.9 Å². The molecule has 0 aromatic heterocycles. The highest BCUT2D eigenvalue weighted by molar-refractivity contribution is 7.89. The third-order valence-corrected chi connectivity index (χ3v) is 6.73. The lowest BCUT2D eigenvalue weighted by Gasteiger charge is -2.34. The van der Waals surface area contributed by atoms with Gasteiger partial charge in [0.15, 0.2) is 0 Å². The van der Waals surface area contributed by atoms with Crippen LogP contribution in [0.25, 0.3) is 0 Å². The first kappa shape index (κ1) is 25.5. The van der Waals surface area contributed by atoms with Crippen molar-refractivity contribution in [3.63, 3.8) is 0 Å². The minimum Gasteiger partial charge on any atom is -0.385 e. The zero-order valence-electron chi connectivity index (χ0n) is 18.2. The molecule has 1 aromatic carbocycles. The van der Waals surface area contributed by atoms with E-state index in [9.17, 15) is 18.0 Å². The Hall–Kier alpha value is -1.72. The summed E-state index contributed by atoms with van der Waals surface area (Å²) in [5.74, 6) is -0.384. The summed E-state index contributed by atoms with van der Waals surface area (Å²) in [6.45, 7) is 6.81. The van der Waals surface area contributed by atoms with Crippen molar-refractivity contribution in [3.05, 3.63) is 28.8 Å². The van der Waals surface area contributed by atoms with Crippen LogP contribution < -0.4 is 10.0 Å². The predicted octanol–water partition coefficient (Wildman–Crippen LogP) is 0.937. The van der Waals surface area contributed by atoms with Crippen LogP contribution in [0.2, 0.25) is 5.02 Å². The van der Waals surface area contributed by atoms with E-state index in [1.165, 1.54) is 18.2 Å². The van der Waals surface area contributed by atoms with Crippen molar-refractivity contribution in [1.29, 1.82) is 0 Å². The number of nitrogens with zero attached hydrogens (tertiary/aromatic N) is 2. The molecule has 0 spiro atoms. The van der Waals surface area contributed by atoms with Gasteiger partial charge < -0.3 is 15.0 Å². The highest BCUT2D eigenvalue weighted by Gasteiger charge is 2.26. The van der Waals surface area contributed by atoms with Crippen LogP contribution in [0.15, 0.2) is 23.1 Å². The van der Waals surface area contributed by atoms with Gasteiger partial charge in [-0.2, -0.15) is 0 Å². The van der Waals surface area contributed by atoms with E-state index in [2.05, 4.69) is 10.0 Å². The van der Waals surface area contributed by atoms with Crippen molar-refractivity contribution in [3.8, 4) is 0 Å².